The van der Waals surface area contributed by atoms with Crippen molar-refractivity contribution in [3.05, 3.63) is 0 Å². The summed E-state index contributed by atoms with van der Waals surface area (Å²) in [5.74, 6) is -1.30. The maximum atomic E-state index is 13.1. The molecule has 0 bridgehead atoms. The second kappa shape index (κ2) is 74.9. The number of unbranched alkanes of at least 4 members (excludes halogenated alkanes) is 54. The largest absolute Gasteiger partial charge is 0.472 e. The average Bonchev–Trinajstić information content (AvgIpc) is 0.948. The van der Waals surface area contributed by atoms with Gasteiger partial charge in [0.1, 0.15) is 19.3 Å². The highest BCUT2D eigenvalue weighted by Crippen LogP contribution is 2.45. The summed E-state index contributed by atoms with van der Waals surface area (Å²) in [5.41, 5.74) is 0. The fraction of sp³-hybridized carbons (Fsp3) is 0.951. The van der Waals surface area contributed by atoms with Gasteiger partial charge in [0, 0.05) is 25.7 Å². The van der Waals surface area contributed by atoms with Crippen molar-refractivity contribution in [2.75, 3.05) is 39.6 Å². The first kappa shape index (κ1) is 99.1. The third-order valence-electron chi connectivity index (χ3n) is 19.3. The van der Waals surface area contributed by atoms with Gasteiger partial charge in [0.15, 0.2) is 12.2 Å². The maximum absolute atomic E-state index is 13.1. The maximum Gasteiger partial charge on any atom is 0.472 e. The number of aliphatic hydroxyl groups is 1. The van der Waals surface area contributed by atoms with E-state index in [2.05, 4.69) is 34.6 Å². The van der Waals surface area contributed by atoms with Crippen molar-refractivity contribution >= 4 is 39.5 Å². The molecule has 2 unspecified atom stereocenters. The summed E-state index contributed by atoms with van der Waals surface area (Å²) < 4.78 is 68.6. The number of ether oxygens (including phenoxy) is 4. The molecule has 3 N–H and O–H groups in total. The molecular weight excluding hydrogens is 1320 g/mol. The highest BCUT2D eigenvalue weighted by molar-refractivity contribution is 7.47. The zero-order valence-electron chi connectivity index (χ0n) is 66.1. The minimum atomic E-state index is -4.96. The molecule has 101 heavy (non-hydrogen) atoms. The first-order valence-corrected chi connectivity index (χ1v) is 45.6. The van der Waals surface area contributed by atoms with Crippen LogP contribution < -0.4 is 0 Å². The summed E-state index contributed by atoms with van der Waals surface area (Å²) in [6, 6.07) is 0. The lowest BCUT2D eigenvalue weighted by atomic mass is 10.0. The normalized spacial score (nSPS) is 13.8. The van der Waals surface area contributed by atoms with Crippen LogP contribution in [-0.4, -0.2) is 96.7 Å². The Morgan fingerprint density at radius 1 is 0.267 bits per heavy atom. The van der Waals surface area contributed by atoms with Gasteiger partial charge in [-0.1, -0.05) is 388 Å². The molecule has 0 aromatic rings. The van der Waals surface area contributed by atoms with Crippen LogP contribution in [0.2, 0.25) is 0 Å². The first-order valence-electron chi connectivity index (χ1n) is 42.6. The molecule has 0 saturated heterocycles. The molecule has 0 rings (SSSR count). The van der Waals surface area contributed by atoms with E-state index >= 15 is 0 Å². The Hall–Kier alpha value is -1.94. The third-order valence-corrected chi connectivity index (χ3v) is 21.2. The van der Waals surface area contributed by atoms with Gasteiger partial charge in [-0.05, 0) is 31.6 Å². The van der Waals surface area contributed by atoms with Crippen molar-refractivity contribution < 1.29 is 80.2 Å². The van der Waals surface area contributed by atoms with Crippen molar-refractivity contribution in [2.24, 2.45) is 5.92 Å². The Kier molecular flexibility index (Phi) is 73.5. The predicted molar refractivity (Wildman–Crippen MR) is 414 cm³/mol. The molecule has 0 aliphatic heterocycles. The Balaban J connectivity index is 5.17. The van der Waals surface area contributed by atoms with Crippen LogP contribution in [0.5, 0.6) is 0 Å². The van der Waals surface area contributed by atoms with Crippen LogP contribution in [-0.2, 0) is 65.4 Å². The Labute approximate surface area is 619 Å². The summed E-state index contributed by atoms with van der Waals surface area (Å²) >= 11 is 0. The standard InChI is InChI=1S/C82H160O17P2/c1-6-9-12-15-18-21-23-25-26-27-28-29-30-31-32-35-40-44-48-53-58-63-68-82(87)99-78(72-93-80(85)66-61-56-51-46-42-39-36-33-34-38-41-45-49-54-59-64-75(4)5)74-97-101(90,91)95-70-76(83)69-94-100(88,89)96-73-77(71-92-79(84)65-60-55-50-20-17-14-11-8-3)98-81(86)67-62-57-52-47-43-37-24-22-19-16-13-10-7-2/h75-78,83H,6-74H2,1-5H3,(H,88,89)(H,90,91)/t76-,77+,78+/m0/s1. The SMILES string of the molecule is CCCCCCCCCCCCCCCCCCCCCCCCC(=O)O[C@H](COC(=O)CCCCCCCCCCCCCCCCCC(C)C)COP(=O)(O)OC[C@@H](O)COP(=O)(O)OC[C@@H](COC(=O)CCCCCCCCCC)OC(=O)CCCCCCCCCCCCCCC. The number of rotatable bonds is 82. The van der Waals surface area contributed by atoms with Gasteiger partial charge in [-0.15, -0.1) is 0 Å². The second-order valence-electron chi connectivity index (χ2n) is 30.0. The molecule has 600 valence electrons. The highest BCUT2D eigenvalue weighted by atomic mass is 31.2. The molecule has 0 aromatic heterocycles. The molecule has 0 amide bonds. The molecule has 5 atom stereocenters. The lowest BCUT2D eigenvalue weighted by molar-refractivity contribution is -0.161. The summed E-state index contributed by atoms with van der Waals surface area (Å²) in [5, 5.41) is 10.6. The number of aliphatic hydroxyl groups excluding tert-OH is 1. The molecule has 0 aliphatic rings. The van der Waals surface area contributed by atoms with E-state index < -0.39 is 97.5 Å². The molecule has 0 heterocycles. The third kappa shape index (κ3) is 76.1. The smallest absolute Gasteiger partial charge is 0.462 e. The molecule has 0 saturated carbocycles. The van der Waals surface area contributed by atoms with Gasteiger partial charge >= 0.3 is 39.5 Å². The van der Waals surface area contributed by atoms with Crippen LogP contribution in [0.15, 0.2) is 0 Å². The van der Waals surface area contributed by atoms with Gasteiger partial charge in [-0.25, -0.2) is 9.13 Å². The highest BCUT2D eigenvalue weighted by Gasteiger charge is 2.30. The minimum absolute atomic E-state index is 0.108. The zero-order valence-corrected chi connectivity index (χ0v) is 67.8. The van der Waals surface area contributed by atoms with E-state index in [0.29, 0.717) is 25.7 Å². The van der Waals surface area contributed by atoms with Crippen LogP contribution in [0.25, 0.3) is 0 Å². The van der Waals surface area contributed by atoms with Crippen molar-refractivity contribution in [3.63, 3.8) is 0 Å². The van der Waals surface area contributed by atoms with E-state index in [9.17, 15) is 43.2 Å². The minimum Gasteiger partial charge on any atom is -0.462 e. The Morgan fingerprint density at radius 2 is 0.455 bits per heavy atom. The lowest BCUT2D eigenvalue weighted by Crippen LogP contribution is -2.30. The molecule has 17 nitrogen and oxygen atoms in total. The number of esters is 4. The van der Waals surface area contributed by atoms with E-state index in [1.807, 2.05) is 0 Å². The molecule has 0 radical (unpaired) electrons. The zero-order chi connectivity index (χ0) is 74.1. The number of hydrogen-bond acceptors (Lipinski definition) is 15. The first-order chi connectivity index (χ1) is 49.0. The van der Waals surface area contributed by atoms with Crippen molar-refractivity contribution in [3.8, 4) is 0 Å². The summed E-state index contributed by atoms with van der Waals surface area (Å²) in [7, 11) is -9.91. The van der Waals surface area contributed by atoms with Crippen LogP contribution in [0.1, 0.15) is 439 Å². The van der Waals surface area contributed by atoms with Crippen molar-refractivity contribution in [1.82, 2.24) is 0 Å². The van der Waals surface area contributed by atoms with Crippen molar-refractivity contribution in [1.29, 1.82) is 0 Å². The number of phosphoric acid groups is 2. The molecular formula is C82H160O17P2. The molecule has 0 aromatic carbocycles. The summed E-state index contributed by atoms with van der Waals surface area (Å²) in [4.78, 5) is 72.9. The Bertz CT molecular complexity index is 1930. The second-order valence-corrected chi connectivity index (χ2v) is 32.9. The van der Waals surface area contributed by atoms with Gasteiger partial charge in [-0.2, -0.15) is 0 Å². The summed E-state index contributed by atoms with van der Waals surface area (Å²) in [6.07, 6.45) is 66.8. The van der Waals surface area contributed by atoms with Crippen LogP contribution in [0.3, 0.4) is 0 Å². The molecule has 0 spiro atoms. The average molecular weight is 1480 g/mol. The fourth-order valence-electron chi connectivity index (χ4n) is 12.8. The van der Waals surface area contributed by atoms with E-state index in [1.54, 1.807) is 0 Å². The fourth-order valence-corrected chi connectivity index (χ4v) is 14.3. The topological polar surface area (TPSA) is 237 Å². The molecule has 19 heteroatoms. The Morgan fingerprint density at radius 3 is 0.673 bits per heavy atom. The summed E-state index contributed by atoms with van der Waals surface area (Å²) in [6.45, 7) is 7.33. The number of phosphoric ester groups is 2. The van der Waals surface area contributed by atoms with Gasteiger partial charge in [0.05, 0.1) is 26.4 Å². The number of carbonyl (C=O) groups is 4. The number of hydrogen-bond donors (Lipinski definition) is 3. The van der Waals surface area contributed by atoms with E-state index in [-0.39, 0.29) is 25.7 Å². The van der Waals surface area contributed by atoms with Crippen LogP contribution in [0, 0.1) is 5.92 Å². The number of carbonyl (C=O) groups excluding carboxylic acids is 4. The lowest BCUT2D eigenvalue weighted by Gasteiger charge is -2.21. The molecule has 0 aliphatic carbocycles. The van der Waals surface area contributed by atoms with Gasteiger partial charge < -0.3 is 33.8 Å². The van der Waals surface area contributed by atoms with E-state index in [1.165, 1.54) is 257 Å². The van der Waals surface area contributed by atoms with E-state index in [0.717, 1.165) is 102 Å². The van der Waals surface area contributed by atoms with E-state index in [4.69, 9.17) is 37.0 Å². The van der Waals surface area contributed by atoms with Gasteiger partial charge in [0.2, 0.25) is 0 Å². The van der Waals surface area contributed by atoms with Gasteiger partial charge in [-0.3, -0.25) is 37.3 Å². The van der Waals surface area contributed by atoms with Gasteiger partial charge in [0.25, 0.3) is 0 Å². The monoisotopic (exact) mass is 1480 g/mol. The van der Waals surface area contributed by atoms with Crippen molar-refractivity contribution in [2.45, 2.75) is 457 Å². The predicted octanol–water partition coefficient (Wildman–Crippen LogP) is 24.8. The van der Waals surface area contributed by atoms with Crippen LogP contribution >= 0.6 is 15.6 Å². The van der Waals surface area contributed by atoms with Crippen LogP contribution in [0.4, 0.5) is 0 Å². The quantitative estimate of drug-likeness (QED) is 0.0222. The molecule has 0 fully saturated rings.